The molecule has 4 rings (SSSR count). The Bertz CT molecular complexity index is 1180. The number of carbonyl (C=O) groups excluding carboxylic acids is 5. The van der Waals surface area contributed by atoms with Crippen molar-refractivity contribution in [2.75, 3.05) is 6.61 Å². The highest BCUT2D eigenvalue weighted by atomic mass is 16.5. The van der Waals surface area contributed by atoms with Crippen molar-refractivity contribution in [3.63, 3.8) is 0 Å². The first-order valence-electron chi connectivity index (χ1n) is 10.9. The minimum atomic E-state index is -1.07. The van der Waals surface area contributed by atoms with Crippen LogP contribution in [0.5, 0.6) is 5.75 Å². The summed E-state index contributed by atoms with van der Waals surface area (Å²) in [5.74, 6) is -2.77. The largest absolute Gasteiger partial charge is 0.483 e. The molecule has 1 saturated heterocycles. The molecule has 2 aromatic carbocycles. The summed E-state index contributed by atoms with van der Waals surface area (Å²) in [5, 5.41) is 7.99. The summed E-state index contributed by atoms with van der Waals surface area (Å²) in [6.45, 7) is 0.673. The molecule has 34 heavy (non-hydrogen) atoms. The molecule has 11 heteroatoms. The van der Waals surface area contributed by atoms with Gasteiger partial charge in [0, 0.05) is 19.5 Å². The van der Waals surface area contributed by atoms with Crippen LogP contribution in [0.15, 0.2) is 42.5 Å². The van der Waals surface area contributed by atoms with Crippen LogP contribution >= 0.6 is 0 Å². The Kier molecular flexibility index (Phi) is 6.73. The number of amides is 5. The molecular formula is C23H23BN4O6. The van der Waals surface area contributed by atoms with Crippen molar-refractivity contribution >= 4 is 37.5 Å². The van der Waals surface area contributed by atoms with Crippen LogP contribution in [0.3, 0.4) is 0 Å². The third kappa shape index (κ3) is 4.69. The molecule has 0 saturated carbocycles. The summed E-state index contributed by atoms with van der Waals surface area (Å²) in [5.41, 5.74) is 2.12. The van der Waals surface area contributed by atoms with Crippen molar-refractivity contribution in [3.05, 3.63) is 64.7 Å². The molecule has 0 aliphatic carbocycles. The summed E-state index contributed by atoms with van der Waals surface area (Å²) >= 11 is 0. The van der Waals surface area contributed by atoms with E-state index in [1.54, 1.807) is 6.07 Å². The Morgan fingerprint density at radius 1 is 1.06 bits per heavy atom. The number of nitrogens with one attached hydrogen (secondary N) is 3. The first kappa shape index (κ1) is 23.2. The van der Waals surface area contributed by atoms with Gasteiger partial charge < -0.3 is 15.3 Å². The SMILES string of the molecule is BNCc1cccc(CNC(=O)COc2cccc3c2C(=O)N(C2CCC(=O)NC2=O)C3=O)c1. The van der Waals surface area contributed by atoms with E-state index in [-0.39, 0.29) is 36.3 Å². The first-order valence-corrected chi connectivity index (χ1v) is 10.9. The molecule has 0 bridgehead atoms. The number of benzene rings is 2. The molecule has 3 N–H and O–H groups in total. The van der Waals surface area contributed by atoms with Crippen molar-refractivity contribution in [3.8, 4) is 5.75 Å². The van der Waals surface area contributed by atoms with Crippen molar-refractivity contribution in [2.45, 2.75) is 32.0 Å². The van der Waals surface area contributed by atoms with E-state index >= 15 is 0 Å². The molecule has 5 amide bonds. The lowest BCUT2D eigenvalue weighted by molar-refractivity contribution is -0.136. The Morgan fingerprint density at radius 2 is 1.79 bits per heavy atom. The topological polar surface area (TPSA) is 134 Å². The first-order chi connectivity index (χ1) is 16.4. The van der Waals surface area contributed by atoms with E-state index in [9.17, 15) is 24.0 Å². The predicted octanol–water partition coefficient (Wildman–Crippen LogP) is -0.579. The van der Waals surface area contributed by atoms with E-state index in [2.05, 4.69) is 15.9 Å². The average molecular weight is 462 g/mol. The van der Waals surface area contributed by atoms with Gasteiger partial charge in [-0.05, 0) is 29.7 Å². The van der Waals surface area contributed by atoms with Gasteiger partial charge in [-0.2, -0.15) is 0 Å². The van der Waals surface area contributed by atoms with Gasteiger partial charge in [0.1, 0.15) is 11.8 Å². The molecule has 0 radical (unpaired) electrons. The van der Waals surface area contributed by atoms with Crippen LogP contribution in [0, 0.1) is 0 Å². The van der Waals surface area contributed by atoms with Crippen molar-refractivity contribution in [1.29, 1.82) is 0 Å². The molecule has 1 fully saturated rings. The quantitative estimate of drug-likeness (QED) is 0.353. The number of carbonyl (C=O) groups is 5. The van der Waals surface area contributed by atoms with Gasteiger partial charge in [-0.15, -0.1) is 0 Å². The van der Waals surface area contributed by atoms with Gasteiger partial charge in [0.15, 0.2) is 14.6 Å². The minimum Gasteiger partial charge on any atom is -0.483 e. The van der Waals surface area contributed by atoms with Gasteiger partial charge in [-0.1, -0.05) is 30.3 Å². The smallest absolute Gasteiger partial charge is 0.266 e. The molecule has 1 atom stereocenters. The van der Waals surface area contributed by atoms with Crippen LogP contribution in [-0.4, -0.2) is 55.1 Å². The highest BCUT2D eigenvalue weighted by molar-refractivity contribution is 6.24. The van der Waals surface area contributed by atoms with Crippen LogP contribution in [0.2, 0.25) is 0 Å². The Hall–Kier alpha value is -3.99. The minimum absolute atomic E-state index is 0.00441. The number of ether oxygens (including phenoxy) is 1. The summed E-state index contributed by atoms with van der Waals surface area (Å²) in [7, 11) is 1.86. The number of nitrogens with zero attached hydrogens (tertiary/aromatic N) is 1. The predicted molar refractivity (Wildman–Crippen MR) is 122 cm³/mol. The summed E-state index contributed by atoms with van der Waals surface area (Å²) in [6.07, 6.45) is 0.0927. The van der Waals surface area contributed by atoms with E-state index in [0.29, 0.717) is 13.1 Å². The van der Waals surface area contributed by atoms with E-state index < -0.39 is 35.6 Å². The van der Waals surface area contributed by atoms with Crippen LogP contribution in [-0.2, 0) is 27.5 Å². The fraction of sp³-hybridized carbons (Fsp3) is 0.261. The lowest BCUT2D eigenvalue weighted by Crippen LogP contribution is -2.54. The van der Waals surface area contributed by atoms with Crippen LogP contribution in [0.4, 0.5) is 0 Å². The van der Waals surface area contributed by atoms with Crippen LogP contribution in [0.25, 0.3) is 0 Å². The van der Waals surface area contributed by atoms with Crippen LogP contribution < -0.4 is 20.6 Å². The number of piperidine rings is 1. The molecule has 0 aromatic heterocycles. The highest BCUT2D eigenvalue weighted by Gasteiger charge is 2.46. The standard InChI is InChI=1S/C23H23BN4O6/c24-26-11-14-4-1-3-13(9-14)10-25-19(30)12-34-17-6-2-5-15-20(17)23(33)28(22(15)32)16-7-8-18(29)27-21(16)31/h1-6,9,16,26H,7-8,10-12,24H2,(H,25,30)(H,27,29,31). The van der Waals surface area contributed by atoms with Gasteiger partial charge in [0.2, 0.25) is 11.8 Å². The summed E-state index contributed by atoms with van der Waals surface area (Å²) in [4.78, 5) is 62.7. The number of imide groups is 2. The zero-order chi connectivity index (χ0) is 24.2. The van der Waals surface area contributed by atoms with E-state index in [0.717, 1.165) is 16.0 Å². The maximum Gasteiger partial charge on any atom is 0.266 e. The van der Waals surface area contributed by atoms with Gasteiger partial charge in [0.05, 0.1) is 11.1 Å². The van der Waals surface area contributed by atoms with Gasteiger partial charge in [-0.25, -0.2) is 0 Å². The fourth-order valence-corrected chi connectivity index (χ4v) is 4.05. The van der Waals surface area contributed by atoms with Crippen molar-refractivity contribution < 1.29 is 28.7 Å². The molecular weight excluding hydrogens is 439 g/mol. The summed E-state index contributed by atoms with van der Waals surface area (Å²) in [6, 6.07) is 11.2. The molecule has 174 valence electrons. The number of rotatable bonds is 8. The van der Waals surface area contributed by atoms with Gasteiger partial charge in [-0.3, -0.25) is 34.2 Å². The molecule has 0 spiro atoms. The number of hydrogen-bond acceptors (Lipinski definition) is 7. The molecule has 2 aliphatic heterocycles. The monoisotopic (exact) mass is 462 g/mol. The molecule has 10 nitrogen and oxygen atoms in total. The lowest BCUT2D eigenvalue weighted by atomic mass is 10.0. The van der Waals surface area contributed by atoms with Gasteiger partial charge >= 0.3 is 0 Å². The maximum absolute atomic E-state index is 13.0. The Morgan fingerprint density at radius 3 is 2.53 bits per heavy atom. The molecule has 2 aliphatic rings. The Balaban J connectivity index is 1.41. The Labute approximate surface area is 196 Å². The zero-order valence-corrected chi connectivity index (χ0v) is 18.6. The van der Waals surface area contributed by atoms with Crippen molar-refractivity contribution in [2.24, 2.45) is 0 Å². The second-order valence-corrected chi connectivity index (χ2v) is 8.04. The van der Waals surface area contributed by atoms with Crippen LogP contribution in [0.1, 0.15) is 44.7 Å². The molecule has 2 heterocycles. The van der Waals surface area contributed by atoms with Crippen molar-refractivity contribution in [1.82, 2.24) is 20.8 Å². The molecule has 1 unspecified atom stereocenters. The summed E-state index contributed by atoms with van der Waals surface area (Å²) < 4.78 is 5.58. The zero-order valence-electron chi connectivity index (χ0n) is 18.6. The highest BCUT2D eigenvalue weighted by Crippen LogP contribution is 2.33. The van der Waals surface area contributed by atoms with E-state index in [1.807, 2.05) is 32.2 Å². The third-order valence-electron chi connectivity index (χ3n) is 5.65. The molecule has 2 aromatic rings. The number of hydrogen-bond donors (Lipinski definition) is 3. The number of fused-ring (bicyclic) bond motifs is 1. The normalized spacial score (nSPS) is 17.4. The van der Waals surface area contributed by atoms with Gasteiger partial charge in [0.25, 0.3) is 17.7 Å². The second-order valence-electron chi connectivity index (χ2n) is 8.04. The fourth-order valence-electron chi connectivity index (χ4n) is 4.05. The lowest BCUT2D eigenvalue weighted by Gasteiger charge is -2.27. The van der Waals surface area contributed by atoms with E-state index in [1.165, 1.54) is 12.1 Å². The van der Waals surface area contributed by atoms with E-state index in [4.69, 9.17) is 4.74 Å². The average Bonchev–Trinajstić information content (AvgIpc) is 3.07. The second kappa shape index (κ2) is 9.88. The third-order valence-corrected chi connectivity index (χ3v) is 5.65. The maximum atomic E-state index is 13.0.